The van der Waals surface area contributed by atoms with Crippen LogP contribution >= 0.6 is 0 Å². The van der Waals surface area contributed by atoms with E-state index in [0.29, 0.717) is 13.0 Å². The topological polar surface area (TPSA) is 128 Å². The average Bonchev–Trinajstić information content (AvgIpc) is 2.97. The molecule has 0 atom stereocenters. The molecule has 0 aromatic carbocycles. The smallest absolute Gasteiger partial charge is 0.302 e. The molecule has 156 valence electrons. The lowest BCUT2D eigenvalue weighted by Gasteiger charge is -2.12. The molecule has 3 amide bonds. The van der Waals surface area contributed by atoms with E-state index in [4.69, 9.17) is 9.47 Å². The van der Waals surface area contributed by atoms with Gasteiger partial charge in [-0.25, -0.2) is 0 Å². The van der Waals surface area contributed by atoms with Crippen molar-refractivity contribution in [2.75, 3.05) is 39.7 Å². The number of amides is 3. The molecule has 10 heteroatoms. The van der Waals surface area contributed by atoms with Gasteiger partial charge in [0.05, 0.1) is 19.6 Å². The van der Waals surface area contributed by atoms with Gasteiger partial charge in [-0.2, -0.15) is 0 Å². The maximum absolute atomic E-state index is 11.7. The number of rotatable bonds is 15. The first-order valence-electron chi connectivity index (χ1n) is 9.01. The Balaban J connectivity index is 1.90. The van der Waals surface area contributed by atoms with Crippen LogP contribution < -0.4 is 5.32 Å². The maximum atomic E-state index is 11.7. The number of hydrogen-bond acceptors (Lipinski definition) is 8. The standard InChI is InChI=1S/C18H26N2O8/c1-14(21)28-12-8-19-16(23)7-11-27-13-26-10-2-3-15(22)6-9-20-17(24)4-5-18(20)25/h4-5H,2-3,6-13H2,1H3,(H,19,23). The highest BCUT2D eigenvalue weighted by Crippen LogP contribution is 2.06. The molecular weight excluding hydrogens is 372 g/mol. The number of Topliss-reactive ketones (excluding diaryl/α,β-unsaturated/α-hetero) is 1. The maximum Gasteiger partial charge on any atom is 0.302 e. The van der Waals surface area contributed by atoms with Gasteiger partial charge in [0, 0.05) is 45.1 Å². The third-order valence-corrected chi connectivity index (χ3v) is 3.63. The van der Waals surface area contributed by atoms with Gasteiger partial charge in [-0.1, -0.05) is 0 Å². The molecule has 0 fully saturated rings. The predicted molar refractivity (Wildman–Crippen MR) is 95.7 cm³/mol. The van der Waals surface area contributed by atoms with E-state index in [1.807, 2.05) is 0 Å². The zero-order valence-electron chi connectivity index (χ0n) is 15.9. The number of imide groups is 1. The second-order valence-corrected chi connectivity index (χ2v) is 5.93. The summed E-state index contributed by atoms with van der Waals surface area (Å²) in [6, 6.07) is 0. The first kappa shape index (κ1) is 23.4. The van der Waals surface area contributed by atoms with Gasteiger partial charge in [0.2, 0.25) is 5.91 Å². The van der Waals surface area contributed by atoms with E-state index < -0.39 is 17.8 Å². The summed E-state index contributed by atoms with van der Waals surface area (Å²) in [5.74, 6) is -1.46. The summed E-state index contributed by atoms with van der Waals surface area (Å²) >= 11 is 0. The van der Waals surface area contributed by atoms with Crippen LogP contribution in [0.2, 0.25) is 0 Å². The molecule has 1 rings (SSSR count). The summed E-state index contributed by atoms with van der Waals surface area (Å²) in [6.45, 7) is 2.29. The molecule has 1 aliphatic rings. The van der Waals surface area contributed by atoms with E-state index in [1.54, 1.807) is 0 Å². The largest absolute Gasteiger partial charge is 0.464 e. The molecule has 0 radical (unpaired) electrons. The van der Waals surface area contributed by atoms with Crippen LogP contribution in [-0.4, -0.2) is 74.1 Å². The first-order valence-corrected chi connectivity index (χ1v) is 9.01. The Morgan fingerprint density at radius 2 is 1.64 bits per heavy atom. The van der Waals surface area contributed by atoms with Crippen LogP contribution in [0.4, 0.5) is 0 Å². The highest BCUT2D eigenvalue weighted by Gasteiger charge is 2.23. The van der Waals surface area contributed by atoms with Crippen molar-refractivity contribution >= 4 is 29.5 Å². The zero-order chi connectivity index (χ0) is 20.8. The summed E-state index contributed by atoms with van der Waals surface area (Å²) in [4.78, 5) is 57.4. The molecule has 0 aliphatic carbocycles. The highest BCUT2D eigenvalue weighted by molar-refractivity contribution is 6.13. The number of hydrogen-bond donors (Lipinski definition) is 1. The molecule has 10 nitrogen and oxygen atoms in total. The number of ketones is 1. The number of carbonyl (C=O) groups excluding carboxylic acids is 5. The van der Waals surface area contributed by atoms with Crippen LogP contribution in [-0.2, 0) is 38.2 Å². The molecule has 1 N–H and O–H groups in total. The monoisotopic (exact) mass is 398 g/mol. The molecule has 28 heavy (non-hydrogen) atoms. The summed E-state index contributed by atoms with van der Waals surface area (Å²) in [7, 11) is 0. The van der Waals surface area contributed by atoms with Crippen molar-refractivity contribution in [1.82, 2.24) is 10.2 Å². The molecule has 0 aromatic heterocycles. The Morgan fingerprint density at radius 1 is 0.964 bits per heavy atom. The van der Waals surface area contributed by atoms with Crippen LogP contribution in [0.1, 0.15) is 32.6 Å². The Bertz CT molecular complexity index is 584. The molecule has 1 heterocycles. The fourth-order valence-corrected chi connectivity index (χ4v) is 2.20. The van der Waals surface area contributed by atoms with Gasteiger partial charge in [-0.3, -0.25) is 28.9 Å². The summed E-state index contributed by atoms with van der Waals surface area (Å²) in [6.07, 6.45) is 3.45. The minimum Gasteiger partial charge on any atom is -0.464 e. The quantitative estimate of drug-likeness (QED) is 0.172. The summed E-state index contributed by atoms with van der Waals surface area (Å²) in [5.41, 5.74) is 0. The van der Waals surface area contributed by atoms with Gasteiger partial charge in [0.25, 0.3) is 11.8 Å². The van der Waals surface area contributed by atoms with E-state index in [1.165, 1.54) is 19.1 Å². The molecule has 1 aliphatic heterocycles. The zero-order valence-corrected chi connectivity index (χ0v) is 15.9. The molecule has 0 unspecified atom stereocenters. The van der Waals surface area contributed by atoms with E-state index in [2.05, 4.69) is 10.1 Å². The fraction of sp³-hybridized carbons (Fsp3) is 0.611. The van der Waals surface area contributed by atoms with Crippen molar-refractivity contribution in [3.05, 3.63) is 12.2 Å². The van der Waals surface area contributed by atoms with Crippen molar-refractivity contribution in [3.8, 4) is 0 Å². The summed E-state index contributed by atoms with van der Waals surface area (Å²) in [5, 5.41) is 2.58. The lowest BCUT2D eigenvalue weighted by molar-refractivity contribution is -0.141. The fourth-order valence-electron chi connectivity index (χ4n) is 2.20. The number of nitrogens with one attached hydrogen (secondary N) is 1. The Labute approximate surface area is 163 Å². The van der Waals surface area contributed by atoms with Crippen molar-refractivity contribution in [3.63, 3.8) is 0 Å². The SMILES string of the molecule is CC(=O)OCCNC(=O)CCOCOCCCC(=O)CCN1C(=O)C=CC1=O. The van der Waals surface area contributed by atoms with Crippen LogP contribution in [0.3, 0.4) is 0 Å². The van der Waals surface area contributed by atoms with Crippen LogP contribution in [0.5, 0.6) is 0 Å². The minimum absolute atomic E-state index is 0.0113. The van der Waals surface area contributed by atoms with Crippen molar-refractivity contribution in [1.29, 1.82) is 0 Å². The number of nitrogens with zero attached hydrogens (tertiary/aromatic N) is 1. The van der Waals surface area contributed by atoms with E-state index in [-0.39, 0.29) is 64.0 Å². The summed E-state index contributed by atoms with van der Waals surface area (Å²) < 4.78 is 15.0. The number of esters is 1. The Hall–Kier alpha value is -2.59. The Morgan fingerprint density at radius 3 is 2.32 bits per heavy atom. The van der Waals surface area contributed by atoms with E-state index in [9.17, 15) is 24.0 Å². The third-order valence-electron chi connectivity index (χ3n) is 3.63. The Kier molecular flexibility index (Phi) is 11.4. The predicted octanol–water partition coefficient (Wildman–Crippen LogP) is -0.289. The third kappa shape index (κ3) is 10.5. The molecule has 0 spiro atoms. The van der Waals surface area contributed by atoms with Crippen LogP contribution in [0, 0.1) is 0 Å². The molecule has 0 bridgehead atoms. The highest BCUT2D eigenvalue weighted by atomic mass is 16.7. The molecule has 0 saturated heterocycles. The van der Waals surface area contributed by atoms with Crippen LogP contribution in [0.15, 0.2) is 12.2 Å². The average molecular weight is 398 g/mol. The van der Waals surface area contributed by atoms with Crippen molar-refractivity contribution in [2.45, 2.75) is 32.6 Å². The van der Waals surface area contributed by atoms with Crippen molar-refractivity contribution < 1.29 is 38.2 Å². The van der Waals surface area contributed by atoms with Gasteiger partial charge in [0.15, 0.2) is 0 Å². The van der Waals surface area contributed by atoms with Gasteiger partial charge >= 0.3 is 5.97 Å². The normalized spacial score (nSPS) is 13.1. The number of carbonyl (C=O) groups is 5. The van der Waals surface area contributed by atoms with Gasteiger partial charge in [-0.05, 0) is 6.42 Å². The second kappa shape index (κ2) is 13.6. The van der Waals surface area contributed by atoms with E-state index in [0.717, 1.165) is 4.90 Å². The molecular formula is C18H26N2O8. The number of ether oxygens (including phenoxy) is 3. The van der Waals surface area contributed by atoms with Crippen molar-refractivity contribution in [2.24, 2.45) is 0 Å². The minimum atomic E-state index is -0.398. The van der Waals surface area contributed by atoms with Gasteiger partial charge < -0.3 is 19.5 Å². The molecule has 0 aromatic rings. The second-order valence-electron chi connectivity index (χ2n) is 5.93. The van der Waals surface area contributed by atoms with Crippen LogP contribution in [0.25, 0.3) is 0 Å². The van der Waals surface area contributed by atoms with Gasteiger partial charge in [-0.15, -0.1) is 0 Å². The lowest BCUT2D eigenvalue weighted by atomic mass is 10.1. The first-order chi connectivity index (χ1) is 13.4. The van der Waals surface area contributed by atoms with E-state index >= 15 is 0 Å². The van der Waals surface area contributed by atoms with Gasteiger partial charge in [0.1, 0.15) is 19.2 Å². The molecule has 0 saturated carbocycles. The lowest BCUT2D eigenvalue weighted by Crippen LogP contribution is -2.32.